The zero-order chi connectivity index (χ0) is 25.8. The SMILES string of the molecule is CN1CCC(n2c(=O)c(-c3ccccc3Cl)cc3cnc(NC4C5CN(Cc6ccccc6)CC54)nc32)C1. The summed E-state index contributed by atoms with van der Waals surface area (Å²) in [4.78, 5) is 28.3. The minimum Gasteiger partial charge on any atom is -0.351 e. The second-order valence-corrected chi connectivity index (χ2v) is 11.5. The van der Waals surface area contributed by atoms with E-state index in [1.54, 1.807) is 0 Å². The minimum atomic E-state index is -0.0459. The van der Waals surface area contributed by atoms with Crippen LogP contribution in [-0.2, 0) is 6.54 Å². The molecule has 4 aromatic rings. The van der Waals surface area contributed by atoms with Gasteiger partial charge in [-0.2, -0.15) is 4.98 Å². The molecule has 2 saturated heterocycles. The smallest absolute Gasteiger partial charge is 0.260 e. The first-order valence-corrected chi connectivity index (χ1v) is 13.8. The molecule has 2 aromatic carbocycles. The lowest BCUT2D eigenvalue weighted by Crippen LogP contribution is -2.29. The average molecular weight is 527 g/mol. The average Bonchev–Trinajstić information content (AvgIpc) is 3.22. The quantitative estimate of drug-likeness (QED) is 0.398. The number of benzene rings is 2. The van der Waals surface area contributed by atoms with Crippen molar-refractivity contribution in [2.75, 3.05) is 38.5 Å². The molecule has 3 aliphatic rings. The molecule has 0 bridgehead atoms. The maximum absolute atomic E-state index is 13.9. The summed E-state index contributed by atoms with van der Waals surface area (Å²) in [5.41, 5.74) is 3.35. The van der Waals surface area contributed by atoms with E-state index in [0.29, 0.717) is 40.1 Å². The number of rotatable bonds is 6. The van der Waals surface area contributed by atoms with Crippen molar-refractivity contribution in [3.05, 3.63) is 87.8 Å². The van der Waals surface area contributed by atoms with Crippen LogP contribution in [0.1, 0.15) is 18.0 Å². The Morgan fingerprint density at radius 3 is 2.50 bits per heavy atom. The zero-order valence-corrected chi connectivity index (χ0v) is 22.2. The Morgan fingerprint density at radius 1 is 1.00 bits per heavy atom. The van der Waals surface area contributed by atoms with Crippen LogP contribution in [0.25, 0.3) is 22.2 Å². The van der Waals surface area contributed by atoms with Crippen molar-refractivity contribution in [3.63, 3.8) is 0 Å². The normalized spacial score (nSPS) is 25.1. The standard InChI is InChI=1S/C30H31ClN6O/c1-35-12-11-21(16-35)37-28-20(13-23(29(37)38)22-9-5-6-10-26(22)31)14-32-30(34-28)33-27-24-17-36(18-25(24)27)15-19-7-3-2-4-8-19/h2-10,13-14,21,24-25,27H,11-12,15-18H2,1H3,(H,32,33,34). The van der Waals surface area contributed by atoms with Gasteiger partial charge in [0.1, 0.15) is 5.65 Å². The molecule has 7 rings (SSSR count). The van der Waals surface area contributed by atoms with E-state index in [9.17, 15) is 4.79 Å². The lowest BCUT2D eigenvalue weighted by atomic mass is 10.1. The molecule has 38 heavy (non-hydrogen) atoms. The van der Waals surface area contributed by atoms with Crippen LogP contribution >= 0.6 is 11.6 Å². The number of fused-ring (bicyclic) bond motifs is 2. The lowest BCUT2D eigenvalue weighted by Gasteiger charge is -2.21. The van der Waals surface area contributed by atoms with Gasteiger partial charge in [-0.3, -0.25) is 14.3 Å². The van der Waals surface area contributed by atoms with Gasteiger partial charge in [0.15, 0.2) is 0 Å². The fourth-order valence-corrected chi connectivity index (χ4v) is 6.71. The zero-order valence-electron chi connectivity index (χ0n) is 21.4. The highest BCUT2D eigenvalue weighted by Crippen LogP contribution is 2.47. The van der Waals surface area contributed by atoms with Gasteiger partial charge in [0.05, 0.1) is 6.04 Å². The predicted octanol–water partition coefficient (Wildman–Crippen LogP) is 4.53. The summed E-state index contributed by atoms with van der Waals surface area (Å²) in [7, 11) is 2.10. The van der Waals surface area contributed by atoms with Crippen molar-refractivity contribution < 1.29 is 0 Å². The number of aromatic nitrogens is 3. The maximum Gasteiger partial charge on any atom is 0.260 e. The Bertz CT molecular complexity index is 1540. The van der Waals surface area contributed by atoms with Crippen molar-refractivity contribution in [1.82, 2.24) is 24.3 Å². The molecule has 1 N–H and O–H groups in total. The highest BCUT2D eigenvalue weighted by Gasteiger charge is 2.55. The Kier molecular flexibility index (Phi) is 5.95. The molecule has 3 atom stereocenters. The molecule has 0 amide bonds. The van der Waals surface area contributed by atoms with Gasteiger partial charge in [-0.25, -0.2) is 4.98 Å². The first kappa shape index (κ1) is 23.8. The maximum atomic E-state index is 13.9. The molecule has 1 saturated carbocycles. The third-order valence-electron chi connectivity index (χ3n) is 8.48. The van der Waals surface area contributed by atoms with Crippen LogP contribution in [0.2, 0.25) is 5.02 Å². The molecule has 4 heterocycles. The molecule has 8 heteroatoms. The number of nitrogens with zero attached hydrogens (tertiary/aromatic N) is 5. The first-order valence-electron chi connectivity index (χ1n) is 13.4. The monoisotopic (exact) mass is 526 g/mol. The van der Waals surface area contributed by atoms with Gasteiger partial charge in [0, 0.05) is 60.0 Å². The number of likely N-dealkylation sites (tertiary alicyclic amines) is 2. The minimum absolute atomic E-state index is 0.0459. The van der Waals surface area contributed by atoms with Gasteiger partial charge in [-0.05, 0) is 49.5 Å². The van der Waals surface area contributed by atoms with Crippen molar-refractivity contribution in [2.45, 2.75) is 25.0 Å². The topological polar surface area (TPSA) is 66.3 Å². The Morgan fingerprint density at radius 2 is 1.76 bits per heavy atom. The largest absolute Gasteiger partial charge is 0.351 e. The molecular weight excluding hydrogens is 496 g/mol. The number of hydrogen-bond donors (Lipinski definition) is 1. The summed E-state index contributed by atoms with van der Waals surface area (Å²) in [5, 5.41) is 5.02. The van der Waals surface area contributed by atoms with Gasteiger partial charge in [-0.15, -0.1) is 0 Å². The fraction of sp³-hybridized carbons (Fsp3) is 0.367. The summed E-state index contributed by atoms with van der Waals surface area (Å²) in [6.45, 7) is 4.95. The van der Waals surface area contributed by atoms with E-state index < -0.39 is 0 Å². The van der Waals surface area contributed by atoms with E-state index in [0.717, 1.165) is 50.1 Å². The van der Waals surface area contributed by atoms with Crippen LogP contribution in [-0.4, -0.2) is 63.6 Å². The number of hydrogen-bond acceptors (Lipinski definition) is 6. The van der Waals surface area contributed by atoms with Gasteiger partial charge < -0.3 is 10.2 Å². The van der Waals surface area contributed by atoms with Crippen molar-refractivity contribution in [1.29, 1.82) is 0 Å². The van der Waals surface area contributed by atoms with E-state index in [1.807, 2.05) is 41.1 Å². The molecule has 2 aromatic heterocycles. The van der Waals surface area contributed by atoms with E-state index in [-0.39, 0.29) is 11.6 Å². The van der Waals surface area contributed by atoms with Gasteiger partial charge in [0.2, 0.25) is 5.95 Å². The van der Waals surface area contributed by atoms with Gasteiger partial charge in [-0.1, -0.05) is 60.1 Å². The molecule has 1 aliphatic carbocycles. The van der Waals surface area contributed by atoms with E-state index in [2.05, 4.69) is 57.5 Å². The van der Waals surface area contributed by atoms with E-state index >= 15 is 0 Å². The second kappa shape index (κ2) is 9.49. The van der Waals surface area contributed by atoms with E-state index in [1.165, 1.54) is 5.56 Å². The van der Waals surface area contributed by atoms with Crippen molar-refractivity contribution in [3.8, 4) is 11.1 Å². The summed E-state index contributed by atoms with van der Waals surface area (Å²) in [5.74, 6) is 1.84. The molecule has 0 spiro atoms. The molecule has 7 nitrogen and oxygen atoms in total. The van der Waals surface area contributed by atoms with Crippen molar-refractivity contribution >= 4 is 28.6 Å². The van der Waals surface area contributed by atoms with Crippen LogP contribution in [0.4, 0.5) is 5.95 Å². The summed E-state index contributed by atoms with van der Waals surface area (Å²) in [6.07, 6.45) is 2.76. The summed E-state index contributed by atoms with van der Waals surface area (Å²) >= 11 is 6.51. The molecular formula is C30H31ClN6O. The predicted molar refractivity (Wildman–Crippen MR) is 152 cm³/mol. The van der Waals surface area contributed by atoms with Crippen LogP contribution in [0.5, 0.6) is 0 Å². The highest BCUT2D eigenvalue weighted by molar-refractivity contribution is 6.33. The lowest BCUT2D eigenvalue weighted by molar-refractivity contribution is 0.292. The van der Waals surface area contributed by atoms with Crippen LogP contribution in [0, 0.1) is 11.8 Å². The number of piperidine rings is 1. The summed E-state index contributed by atoms with van der Waals surface area (Å²) < 4.78 is 1.89. The van der Waals surface area contributed by atoms with Crippen LogP contribution < -0.4 is 10.9 Å². The van der Waals surface area contributed by atoms with Gasteiger partial charge in [0.25, 0.3) is 5.56 Å². The Balaban J connectivity index is 1.17. The Labute approximate surface area is 227 Å². The fourth-order valence-electron chi connectivity index (χ4n) is 6.47. The third-order valence-corrected chi connectivity index (χ3v) is 8.81. The van der Waals surface area contributed by atoms with Crippen LogP contribution in [0.3, 0.4) is 0 Å². The highest BCUT2D eigenvalue weighted by atomic mass is 35.5. The molecule has 2 aliphatic heterocycles. The molecule has 3 unspecified atom stereocenters. The number of likely N-dealkylation sites (N-methyl/N-ethyl adjacent to an activating group) is 1. The van der Waals surface area contributed by atoms with Crippen LogP contribution in [0.15, 0.2) is 71.7 Å². The number of halogens is 1. The van der Waals surface area contributed by atoms with Gasteiger partial charge >= 0.3 is 0 Å². The Hall–Kier alpha value is -3.26. The summed E-state index contributed by atoms with van der Waals surface area (Å²) in [6, 6.07) is 20.5. The molecule has 194 valence electrons. The van der Waals surface area contributed by atoms with E-state index in [4.69, 9.17) is 16.6 Å². The number of nitrogens with one attached hydrogen (secondary N) is 1. The molecule has 3 fully saturated rings. The number of pyridine rings is 1. The second-order valence-electron chi connectivity index (χ2n) is 11.1. The van der Waals surface area contributed by atoms with Crippen molar-refractivity contribution in [2.24, 2.45) is 11.8 Å². The number of anilines is 1. The third kappa shape index (κ3) is 4.28. The first-order chi connectivity index (χ1) is 18.5. The molecule has 0 radical (unpaired) electrons.